The molecule has 0 radical (unpaired) electrons. The monoisotopic (exact) mass is 726 g/mol. The minimum Gasteiger partial charge on any atom is -0.455 e. The molecule has 1 aromatic carbocycles. The molecule has 1 amide bonds. The first-order chi connectivity index (χ1) is 24.3. The second-order valence-electron chi connectivity index (χ2n) is 16.4. The van der Waals surface area contributed by atoms with Crippen LogP contribution in [0.3, 0.4) is 0 Å². The standard InChI is InChI=1S/C38H55BN2O11/c1-10-26(42)52-30(28(39-19-40-48)22-14-12-11-13-15-22)33(45)50-23-17-38(47)21(3)31-36(6)18-49-24(36)16-25(51-34(46)41(8)9)37(31,7)32(44)29(43)27(20(23)2)35(38,4)5/h11-15,21,23-25,28-31,39-40,43,47-48H,10,16-19H2,1-9H3/t21-,23-,24+,25-,28-,29+,30+,31+,36+,37+,38+/m0/s1. The summed E-state index contributed by atoms with van der Waals surface area (Å²) in [6.45, 7) is 12.8. The van der Waals surface area contributed by atoms with Crippen LogP contribution in [0.25, 0.3) is 0 Å². The van der Waals surface area contributed by atoms with Crippen LogP contribution in [0.15, 0.2) is 41.5 Å². The lowest BCUT2D eigenvalue weighted by molar-refractivity contribution is -0.302. The van der Waals surface area contributed by atoms with Crippen molar-refractivity contribution in [1.29, 1.82) is 0 Å². The Balaban J connectivity index is 1.61. The van der Waals surface area contributed by atoms with Gasteiger partial charge < -0.3 is 39.3 Å². The van der Waals surface area contributed by atoms with Crippen molar-refractivity contribution in [3.05, 3.63) is 47.0 Å². The lowest BCUT2D eigenvalue weighted by Crippen LogP contribution is -2.75. The van der Waals surface area contributed by atoms with Crippen LogP contribution >= 0.6 is 0 Å². The number of nitrogens with one attached hydrogen (secondary N) is 1. The number of Topliss-reactive ketones (excluding diaryl/α,β-unsaturated/α-hetero) is 1. The van der Waals surface area contributed by atoms with E-state index in [1.807, 2.05) is 19.9 Å². The van der Waals surface area contributed by atoms with Crippen molar-refractivity contribution in [2.24, 2.45) is 28.1 Å². The van der Waals surface area contributed by atoms with E-state index in [0.29, 0.717) is 17.7 Å². The van der Waals surface area contributed by atoms with E-state index >= 15 is 0 Å². The summed E-state index contributed by atoms with van der Waals surface area (Å²) in [5, 5.41) is 34.8. The Kier molecular flexibility index (Phi) is 11.1. The van der Waals surface area contributed by atoms with Crippen LogP contribution in [0, 0.1) is 28.1 Å². The molecule has 5 rings (SSSR count). The average Bonchev–Trinajstić information content (AvgIpc) is 3.09. The molecule has 0 aromatic heterocycles. The number of nitrogens with zero attached hydrogens (tertiary/aromatic N) is 1. The van der Waals surface area contributed by atoms with Crippen LogP contribution in [0.5, 0.6) is 0 Å². The van der Waals surface area contributed by atoms with Crippen molar-refractivity contribution < 1.29 is 53.5 Å². The number of hydrogen-bond acceptors (Lipinski definition) is 12. The summed E-state index contributed by atoms with van der Waals surface area (Å²) < 4.78 is 24.0. The highest BCUT2D eigenvalue weighted by atomic mass is 16.6. The highest BCUT2D eigenvalue weighted by Crippen LogP contribution is 2.67. The summed E-state index contributed by atoms with van der Waals surface area (Å²) >= 11 is 0. The number of rotatable bonds is 10. The van der Waals surface area contributed by atoms with Crippen LogP contribution in [-0.4, -0.2) is 115 Å². The zero-order chi connectivity index (χ0) is 38.6. The third-order valence-electron chi connectivity index (χ3n) is 13.1. The molecule has 4 aliphatic rings. The van der Waals surface area contributed by atoms with E-state index in [-0.39, 0.29) is 44.7 Å². The molecule has 14 heteroatoms. The minimum absolute atomic E-state index is 0.00425. The summed E-state index contributed by atoms with van der Waals surface area (Å²) in [5.74, 6) is -4.00. The van der Waals surface area contributed by atoms with Gasteiger partial charge in [0.15, 0.2) is 19.2 Å². The molecule has 0 unspecified atom stereocenters. The summed E-state index contributed by atoms with van der Waals surface area (Å²) in [5.41, 5.74) is -1.42. The van der Waals surface area contributed by atoms with Crippen LogP contribution in [-0.2, 0) is 33.3 Å². The fraction of sp³-hybridized carbons (Fsp3) is 0.684. The third-order valence-corrected chi connectivity index (χ3v) is 13.1. The van der Waals surface area contributed by atoms with Gasteiger partial charge in [-0.05, 0) is 48.8 Å². The quantitative estimate of drug-likeness (QED) is 0.0912. The fourth-order valence-corrected chi connectivity index (χ4v) is 10.1. The largest absolute Gasteiger partial charge is 0.455 e. The SMILES string of the molecule is CCC(=O)O[C@@H](C(=O)O[C@H]1C[C@@]2(O)[C@@H](C)[C@@H]3[C@]4(C)CO[C@@H]4C[C@H](OC(=O)N(C)C)[C@@]3(C)C(=O)[C@H](O)C(=C1C)C2(C)C)[C@@H](BCNO)c1ccccc1. The molecule has 11 atom stereocenters. The van der Waals surface area contributed by atoms with Gasteiger partial charge in [0, 0.05) is 50.0 Å². The van der Waals surface area contributed by atoms with E-state index in [9.17, 15) is 34.6 Å². The van der Waals surface area contributed by atoms with E-state index in [2.05, 4.69) is 5.48 Å². The maximum absolute atomic E-state index is 15.0. The van der Waals surface area contributed by atoms with Gasteiger partial charge in [-0.2, -0.15) is 0 Å². The van der Waals surface area contributed by atoms with Gasteiger partial charge in [0.05, 0.1) is 23.7 Å². The topological polar surface area (TPSA) is 181 Å². The number of amides is 1. The number of hydrogen-bond donors (Lipinski definition) is 4. The Bertz CT molecular complexity index is 1590. The fourth-order valence-electron chi connectivity index (χ4n) is 10.1. The normalized spacial score (nSPS) is 36.0. The predicted octanol–water partition coefficient (Wildman–Crippen LogP) is 2.89. The molecule has 1 aliphatic heterocycles. The number of aliphatic hydroxyl groups is 2. The van der Waals surface area contributed by atoms with E-state index in [1.54, 1.807) is 73.0 Å². The van der Waals surface area contributed by atoms with Gasteiger partial charge in [-0.15, -0.1) is 0 Å². The average molecular weight is 727 g/mol. The number of benzene rings is 1. The number of ether oxygens (including phenoxy) is 4. The van der Waals surface area contributed by atoms with Crippen LogP contribution in [0.4, 0.5) is 4.79 Å². The number of carbonyl (C=O) groups is 4. The summed E-state index contributed by atoms with van der Waals surface area (Å²) in [4.78, 5) is 56.2. The Morgan fingerprint density at radius 1 is 1.12 bits per heavy atom. The third kappa shape index (κ3) is 6.27. The number of esters is 2. The minimum atomic E-state index is -1.73. The molecule has 13 nitrogen and oxygen atoms in total. The van der Waals surface area contributed by atoms with Crippen molar-refractivity contribution in [3.8, 4) is 0 Å². The van der Waals surface area contributed by atoms with Gasteiger partial charge in [0.1, 0.15) is 18.3 Å². The van der Waals surface area contributed by atoms with Crippen molar-refractivity contribution in [2.45, 2.75) is 110 Å². The van der Waals surface area contributed by atoms with E-state index < -0.39 is 87.7 Å². The van der Waals surface area contributed by atoms with E-state index in [1.165, 1.54) is 4.90 Å². The lowest BCUT2D eigenvalue weighted by Gasteiger charge is -2.68. The number of ketones is 1. The molecule has 4 N–H and O–H groups in total. The highest BCUT2D eigenvalue weighted by molar-refractivity contribution is 6.39. The zero-order valence-corrected chi connectivity index (χ0v) is 31.8. The first-order valence-corrected chi connectivity index (χ1v) is 18.3. The van der Waals surface area contributed by atoms with Crippen molar-refractivity contribution in [2.75, 3.05) is 27.1 Å². The first-order valence-electron chi connectivity index (χ1n) is 18.3. The van der Waals surface area contributed by atoms with Crippen molar-refractivity contribution in [3.63, 3.8) is 0 Å². The van der Waals surface area contributed by atoms with Crippen LogP contribution in [0.1, 0.15) is 79.1 Å². The van der Waals surface area contributed by atoms with Crippen molar-refractivity contribution in [1.82, 2.24) is 10.4 Å². The number of aliphatic hydroxyl groups excluding tert-OH is 1. The highest BCUT2D eigenvalue weighted by Gasteiger charge is 2.73. The Labute approximate surface area is 306 Å². The Morgan fingerprint density at radius 3 is 2.33 bits per heavy atom. The maximum atomic E-state index is 15.0. The van der Waals surface area contributed by atoms with Gasteiger partial charge in [-0.1, -0.05) is 65.0 Å². The van der Waals surface area contributed by atoms with Gasteiger partial charge in [0.25, 0.3) is 0 Å². The van der Waals surface area contributed by atoms with Gasteiger partial charge in [-0.3, -0.25) is 9.59 Å². The smallest absolute Gasteiger partial charge is 0.409 e. The number of carbonyl (C=O) groups excluding carboxylic acids is 4. The molecule has 3 aliphatic carbocycles. The number of hydroxylamine groups is 1. The Morgan fingerprint density at radius 2 is 1.77 bits per heavy atom. The Hall–Kier alpha value is -3.30. The van der Waals surface area contributed by atoms with E-state index in [4.69, 9.17) is 18.9 Å². The van der Waals surface area contributed by atoms with Gasteiger partial charge in [-0.25, -0.2) is 15.1 Å². The predicted molar refractivity (Wildman–Crippen MR) is 190 cm³/mol. The zero-order valence-electron chi connectivity index (χ0n) is 31.8. The first kappa shape index (κ1) is 39.9. The second kappa shape index (κ2) is 14.5. The lowest BCUT2D eigenvalue weighted by atomic mass is 9.40. The molecule has 286 valence electrons. The second-order valence-corrected chi connectivity index (χ2v) is 16.4. The van der Waals surface area contributed by atoms with Gasteiger partial charge in [0.2, 0.25) is 0 Å². The summed E-state index contributed by atoms with van der Waals surface area (Å²) in [7, 11) is 3.32. The molecular formula is C38H55BN2O11. The molecule has 1 heterocycles. The van der Waals surface area contributed by atoms with Crippen molar-refractivity contribution >= 4 is 31.1 Å². The van der Waals surface area contributed by atoms with Crippen LogP contribution in [0.2, 0.25) is 0 Å². The molecular weight excluding hydrogens is 671 g/mol. The summed E-state index contributed by atoms with van der Waals surface area (Å²) in [6, 6.07) is 9.00. The molecule has 1 saturated heterocycles. The molecule has 1 aromatic rings. The van der Waals surface area contributed by atoms with Crippen LogP contribution < -0.4 is 5.48 Å². The molecule has 52 heavy (non-hydrogen) atoms. The van der Waals surface area contributed by atoms with Gasteiger partial charge >= 0.3 is 18.0 Å². The molecule has 0 spiro atoms. The molecule has 2 bridgehead atoms. The summed E-state index contributed by atoms with van der Waals surface area (Å²) in [6.07, 6.45) is -5.92. The van der Waals surface area contributed by atoms with E-state index in [0.717, 1.165) is 0 Å². The molecule has 3 fully saturated rings. The molecule has 2 saturated carbocycles. The number of fused-ring (bicyclic) bond motifs is 5. The maximum Gasteiger partial charge on any atom is 0.409 e.